The van der Waals surface area contributed by atoms with Gasteiger partial charge in [-0.15, -0.1) is 0 Å². The van der Waals surface area contributed by atoms with E-state index in [-0.39, 0.29) is 6.29 Å². The van der Waals surface area contributed by atoms with Gasteiger partial charge in [0, 0.05) is 17.5 Å². The minimum absolute atomic E-state index is 0.351. The Morgan fingerprint density at radius 1 is 0.909 bits per heavy atom. The Morgan fingerprint density at radius 2 is 1.64 bits per heavy atom. The van der Waals surface area contributed by atoms with Gasteiger partial charge in [-0.1, -0.05) is 60.7 Å². The van der Waals surface area contributed by atoms with Crippen LogP contribution in [0.25, 0.3) is 5.76 Å². The van der Waals surface area contributed by atoms with Crippen molar-refractivity contribution in [3.05, 3.63) is 77.9 Å². The number of benzene rings is 2. The van der Waals surface area contributed by atoms with Crippen LogP contribution in [0.4, 0.5) is 0 Å². The van der Waals surface area contributed by atoms with E-state index in [9.17, 15) is 0 Å². The Bertz CT molecular complexity index is 666. The van der Waals surface area contributed by atoms with Gasteiger partial charge in [0.05, 0.1) is 0 Å². The number of hydrogen-bond acceptors (Lipinski definition) is 3. The second-order valence-corrected chi connectivity index (χ2v) is 5.66. The van der Waals surface area contributed by atoms with Crippen molar-refractivity contribution in [3.63, 3.8) is 0 Å². The molecule has 4 rings (SSSR count). The summed E-state index contributed by atoms with van der Waals surface area (Å²) in [6.45, 7) is 0.455. The lowest BCUT2D eigenvalue weighted by Crippen LogP contribution is -2.36. The van der Waals surface area contributed by atoms with Crippen LogP contribution in [0.15, 0.2) is 66.7 Å². The van der Waals surface area contributed by atoms with Gasteiger partial charge in [-0.3, -0.25) is 0 Å². The monoisotopic (exact) mass is 294 g/mol. The minimum atomic E-state index is -0.666. The molecule has 0 radical (unpaired) electrons. The number of allylic oxidation sites excluding steroid dienone is 1. The highest BCUT2D eigenvalue weighted by molar-refractivity contribution is 5.60. The van der Waals surface area contributed by atoms with Crippen molar-refractivity contribution in [2.75, 3.05) is 6.61 Å². The molecule has 22 heavy (non-hydrogen) atoms. The van der Waals surface area contributed by atoms with Gasteiger partial charge in [0.25, 0.3) is 0 Å². The largest absolute Gasteiger partial charge is 0.459 e. The Labute approximate surface area is 130 Å². The Kier molecular flexibility index (Phi) is 3.45. The van der Waals surface area contributed by atoms with E-state index in [4.69, 9.17) is 14.2 Å². The number of rotatable bonds is 2. The molecular formula is C19H18O3. The zero-order valence-corrected chi connectivity index (χ0v) is 12.3. The second-order valence-electron chi connectivity index (χ2n) is 5.66. The molecule has 3 heteroatoms. The first-order valence-corrected chi connectivity index (χ1v) is 7.64. The van der Waals surface area contributed by atoms with Gasteiger partial charge in [0.1, 0.15) is 12.4 Å². The van der Waals surface area contributed by atoms with Crippen LogP contribution in [0.5, 0.6) is 0 Å². The van der Waals surface area contributed by atoms with E-state index in [1.807, 2.05) is 48.5 Å². The number of hydrogen-bond donors (Lipinski definition) is 0. The van der Waals surface area contributed by atoms with Crippen LogP contribution in [-0.2, 0) is 14.2 Å². The molecule has 2 aromatic carbocycles. The Balaban J connectivity index is 1.53. The molecule has 2 heterocycles. The van der Waals surface area contributed by atoms with Gasteiger partial charge in [-0.25, -0.2) is 0 Å². The average molecular weight is 294 g/mol. The van der Waals surface area contributed by atoms with Crippen molar-refractivity contribution in [3.8, 4) is 0 Å². The van der Waals surface area contributed by atoms with Crippen molar-refractivity contribution in [2.24, 2.45) is 0 Å². The van der Waals surface area contributed by atoms with Gasteiger partial charge >= 0.3 is 0 Å². The average Bonchev–Trinajstić information content (AvgIpc) is 3.00. The highest BCUT2D eigenvalue weighted by Crippen LogP contribution is 2.42. The maximum Gasteiger partial charge on any atom is 0.237 e. The van der Waals surface area contributed by atoms with E-state index in [1.54, 1.807) is 0 Å². The van der Waals surface area contributed by atoms with E-state index in [0.29, 0.717) is 6.61 Å². The maximum atomic E-state index is 6.19. The van der Waals surface area contributed by atoms with Gasteiger partial charge in [0.2, 0.25) is 5.79 Å². The normalized spacial score (nSPS) is 27.5. The van der Waals surface area contributed by atoms with E-state index < -0.39 is 5.79 Å². The maximum absolute atomic E-state index is 6.19. The minimum Gasteiger partial charge on any atom is -0.459 e. The molecule has 0 saturated carbocycles. The number of ether oxygens (including phenoxy) is 3. The third kappa shape index (κ3) is 2.54. The predicted molar refractivity (Wildman–Crippen MR) is 83.7 cm³/mol. The van der Waals surface area contributed by atoms with Crippen LogP contribution in [0.1, 0.15) is 30.3 Å². The van der Waals surface area contributed by atoms with Crippen molar-refractivity contribution in [1.29, 1.82) is 0 Å². The lowest BCUT2D eigenvalue weighted by Gasteiger charge is -2.32. The molecular weight excluding hydrogens is 276 g/mol. The van der Waals surface area contributed by atoms with E-state index >= 15 is 0 Å². The van der Waals surface area contributed by atoms with Crippen LogP contribution < -0.4 is 0 Å². The second kappa shape index (κ2) is 5.59. The van der Waals surface area contributed by atoms with E-state index in [0.717, 1.165) is 29.7 Å². The topological polar surface area (TPSA) is 27.7 Å². The smallest absolute Gasteiger partial charge is 0.237 e. The fourth-order valence-corrected chi connectivity index (χ4v) is 2.92. The zero-order valence-electron chi connectivity index (χ0n) is 12.3. The highest BCUT2D eigenvalue weighted by atomic mass is 16.8. The third-order valence-corrected chi connectivity index (χ3v) is 4.06. The summed E-state index contributed by atoms with van der Waals surface area (Å²) in [6, 6.07) is 20.1. The molecule has 2 unspecified atom stereocenters. The summed E-state index contributed by atoms with van der Waals surface area (Å²) in [4.78, 5) is 0. The van der Waals surface area contributed by atoms with Crippen molar-refractivity contribution in [1.82, 2.24) is 0 Å². The summed E-state index contributed by atoms with van der Waals surface area (Å²) in [7, 11) is 0. The first-order valence-electron chi connectivity index (χ1n) is 7.64. The molecule has 2 aromatic rings. The van der Waals surface area contributed by atoms with Crippen LogP contribution in [0, 0.1) is 0 Å². The molecule has 0 N–H and O–H groups in total. The van der Waals surface area contributed by atoms with Crippen LogP contribution in [0.2, 0.25) is 0 Å². The lowest BCUT2D eigenvalue weighted by atomic mass is 10.0. The van der Waals surface area contributed by atoms with Crippen LogP contribution >= 0.6 is 0 Å². The SMILES string of the molecule is C1=C(c2ccccc2)OC2(CC1)COC(c1ccccc1)O2. The molecule has 0 aromatic heterocycles. The molecule has 0 amide bonds. The molecule has 1 spiro atoms. The molecule has 2 atom stereocenters. The standard InChI is InChI=1S/C19H18O3/c1-3-8-15(9-4-1)17-12-7-13-19(21-17)14-20-18(22-19)16-10-5-2-6-11-16/h1-6,8-12,18H,7,13-14H2. The Hall–Kier alpha value is -2.10. The molecule has 112 valence electrons. The summed E-state index contributed by atoms with van der Waals surface area (Å²) in [6.07, 6.45) is 3.51. The Morgan fingerprint density at radius 3 is 2.41 bits per heavy atom. The molecule has 0 bridgehead atoms. The summed E-state index contributed by atoms with van der Waals surface area (Å²) < 4.78 is 18.2. The highest BCUT2D eigenvalue weighted by Gasteiger charge is 2.45. The lowest BCUT2D eigenvalue weighted by molar-refractivity contribution is -0.198. The van der Waals surface area contributed by atoms with Gasteiger partial charge in [0.15, 0.2) is 6.29 Å². The van der Waals surface area contributed by atoms with Gasteiger partial charge in [-0.2, -0.15) is 0 Å². The van der Waals surface area contributed by atoms with Crippen molar-refractivity contribution < 1.29 is 14.2 Å². The van der Waals surface area contributed by atoms with Crippen molar-refractivity contribution >= 4 is 5.76 Å². The first kappa shape index (κ1) is 13.6. The predicted octanol–water partition coefficient (Wildman–Crippen LogP) is 4.28. The summed E-state index contributed by atoms with van der Waals surface area (Å²) in [5.74, 6) is 0.213. The zero-order chi connectivity index (χ0) is 14.8. The van der Waals surface area contributed by atoms with Crippen LogP contribution in [0.3, 0.4) is 0 Å². The molecule has 2 aliphatic rings. The molecule has 1 saturated heterocycles. The van der Waals surface area contributed by atoms with Gasteiger partial charge in [-0.05, 0) is 12.5 Å². The molecule has 0 aliphatic carbocycles. The third-order valence-electron chi connectivity index (χ3n) is 4.06. The van der Waals surface area contributed by atoms with Gasteiger partial charge < -0.3 is 14.2 Å². The molecule has 2 aliphatic heterocycles. The summed E-state index contributed by atoms with van der Waals surface area (Å²) in [5.41, 5.74) is 2.10. The van der Waals surface area contributed by atoms with E-state index in [1.165, 1.54) is 0 Å². The first-order chi connectivity index (χ1) is 10.8. The summed E-state index contributed by atoms with van der Waals surface area (Å²) in [5, 5.41) is 0. The molecule has 3 nitrogen and oxygen atoms in total. The van der Waals surface area contributed by atoms with Crippen molar-refractivity contribution in [2.45, 2.75) is 24.9 Å². The fourth-order valence-electron chi connectivity index (χ4n) is 2.92. The molecule has 1 fully saturated rings. The quantitative estimate of drug-likeness (QED) is 0.827. The fraction of sp³-hybridized carbons (Fsp3) is 0.263. The van der Waals surface area contributed by atoms with E-state index in [2.05, 4.69) is 18.2 Å². The summed E-state index contributed by atoms with van der Waals surface area (Å²) >= 11 is 0. The van der Waals surface area contributed by atoms with Crippen LogP contribution in [-0.4, -0.2) is 12.4 Å².